The van der Waals surface area contributed by atoms with E-state index in [1.165, 1.54) is 6.42 Å². The van der Waals surface area contributed by atoms with E-state index in [0.717, 1.165) is 42.7 Å². The van der Waals surface area contributed by atoms with Crippen LogP contribution in [0.2, 0.25) is 0 Å². The summed E-state index contributed by atoms with van der Waals surface area (Å²) in [7, 11) is 0. The summed E-state index contributed by atoms with van der Waals surface area (Å²) in [5, 5.41) is 20.2. The van der Waals surface area contributed by atoms with Crippen molar-refractivity contribution in [3.63, 3.8) is 0 Å². The standard InChI is InChI=1S/C25H36N4O3.HI/c1-4-26-24(28-17-25(3,31)22-14-13-18(2)32-22)27-16-19-9-8-12-21(15-19)29-23(30)20-10-6-5-7-11-20;/h8-9,12-15,20,31H,4-7,10-11,16-17H2,1-3H3,(H,29,30)(H2,26,27,28);1H. The molecule has 0 radical (unpaired) electrons. The third kappa shape index (κ3) is 8.33. The lowest BCUT2D eigenvalue weighted by atomic mass is 9.88. The van der Waals surface area contributed by atoms with Crippen LogP contribution in [-0.2, 0) is 16.9 Å². The normalized spacial score (nSPS) is 16.4. The van der Waals surface area contributed by atoms with Crippen molar-refractivity contribution in [2.45, 2.75) is 65.0 Å². The summed E-state index contributed by atoms with van der Waals surface area (Å²) >= 11 is 0. The van der Waals surface area contributed by atoms with Crippen LogP contribution in [0.4, 0.5) is 5.69 Å². The topological polar surface area (TPSA) is 98.9 Å². The lowest BCUT2D eigenvalue weighted by Gasteiger charge is -2.23. The van der Waals surface area contributed by atoms with Crippen molar-refractivity contribution < 1.29 is 14.3 Å². The third-order valence-electron chi connectivity index (χ3n) is 5.81. The van der Waals surface area contributed by atoms with E-state index in [1.807, 2.05) is 44.2 Å². The minimum Gasteiger partial charge on any atom is -0.463 e. The highest BCUT2D eigenvalue weighted by atomic mass is 127. The predicted octanol–water partition coefficient (Wildman–Crippen LogP) is 4.69. The second kappa shape index (κ2) is 13.0. The number of anilines is 1. The van der Waals surface area contributed by atoms with E-state index in [-0.39, 0.29) is 42.3 Å². The molecular weight excluding hydrogens is 531 g/mol. The molecule has 0 bridgehead atoms. The average molecular weight is 569 g/mol. The number of hydrogen-bond acceptors (Lipinski definition) is 4. The molecule has 1 atom stereocenters. The molecule has 0 saturated heterocycles. The van der Waals surface area contributed by atoms with Gasteiger partial charge in [0, 0.05) is 18.2 Å². The zero-order valence-electron chi connectivity index (χ0n) is 19.8. The molecule has 8 heteroatoms. The van der Waals surface area contributed by atoms with Gasteiger partial charge in [-0.25, -0.2) is 4.99 Å². The molecule has 1 saturated carbocycles. The number of guanidine groups is 1. The average Bonchev–Trinajstić information content (AvgIpc) is 3.24. The minimum atomic E-state index is -1.16. The number of aliphatic hydroxyl groups is 1. The fraction of sp³-hybridized carbons (Fsp3) is 0.520. The van der Waals surface area contributed by atoms with Crippen LogP contribution in [0.15, 0.2) is 45.8 Å². The summed E-state index contributed by atoms with van der Waals surface area (Å²) in [5.41, 5.74) is 0.646. The molecule has 2 aromatic rings. The number of rotatable bonds is 8. The van der Waals surface area contributed by atoms with Gasteiger partial charge in [0.05, 0.1) is 13.1 Å². The Morgan fingerprint density at radius 1 is 1.18 bits per heavy atom. The van der Waals surface area contributed by atoms with Crippen molar-refractivity contribution in [2.75, 3.05) is 18.4 Å². The van der Waals surface area contributed by atoms with E-state index < -0.39 is 5.60 Å². The number of amides is 1. The Hall–Kier alpha value is -2.07. The van der Waals surface area contributed by atoms with Crippen molar-refractivity contribution in [3.05, 3.63) is 53.5 Å². The largest absolute Gasteiger partial charge is 0.463 e. The number of nitrogens with one attached hydrogen (secondary N) is 3. The molecule has 1 amide bonds. The number of furan rings is 1. The summed E-state index contributed by atoms with van der Waals surface area (Å²) in [5.74, 6) is 2.13. The number of halogens is 1. The first-order chi connectivity index (χ1) is 15.4. The first-order valence-corrected chi connectivity index (χ1v) is 11.6. The number of hydrogen-bond donors (Lipinski definition) is 4. The van der Waals surface area contributed by atoms with E-state index in [9.17, 15) is 9.90 Å². The van der Waals surface area contributed by atoms with Gasteiger partial charge in [0.25, 0.3) is 0 Å². The van der Waals surface area contributed by atoms with E-state index >= 15 is 0 Å². The molecule has 1 aromatic carbocycles. The maximum absolute atomic E-state index is 12.5. The molecule has 0 aliphatic heterocycles. The molecule has 1 unspecified atom stereocenters. The van der Waals surface area contributed by atoms with Gasteiger partial charge in [-0.05, 0) is 63.4 Å². The molecule has 7 nitrogen and oxygen atoms in total. The molecule has 3 rings (SSSR count). The zero-order chi connectivity index (χ0) is 23.0. The fourth-order valence-corrected chi connectivity index (χ4v) is 3.94. The molecule has 0 spiro atoms. The van der Waals surface area contributed by atoms with Crippen LogP contribution in [0.1, 0.15) is 63.0 Å². The van der Waals surface area contributed by atoms with Gasteiger partial charge in [0.15, 0.2) is 5.96 Å². The van der Waals surface area contributed by atoms with Crippen LogP contribution in [0, 0.1) is 12.8 Å². The van der Waals surface area contributed by atoms with Gasteiger partial charge in [-0.15, -0.1) is 24.0 Å². The molecule has 1 aliphatic carbocycles. The molecule has 1 heterocycles. The lowest BCUT2D eigenvalue weighted by molar-refractivity contribution is -0.120. The van der Waals surface area contributed by atoms with E-state index in [0.29, 0.717) is 24.8 Å². The van der Waals surface area contributed by atoms with Crippen molar-refractivity contribution in [2.24, 2.45) is 10.9 Å². The highest BCUT2D eigenvalue weighted by Gasteiger charge is 2.27. The molecule has 1 fully saturated rings. The Kier molecular flexibility index (Phi) is 10.7. The van der Waals surface area contributed by atoms with Crippen molar-refractivity contribution in [1.29, 1.82) is 0 Å². The number of carbonyl (C=O) groups excluding carboxylic acids is 1. The number of aliphatic imine (C=N–C) groups is 1. The number of carbonyl (C=O) groups is 1. The maximum atomic E-state index is 12.5. The molecule has 4 N–H and O–H groups in total. The summed E-state index contributed by atoms with van der Waals surface area (Å²) < 4.78 is 5.57. The van der Waals surface area contributed by atoms with Crippen LogP contribution >= 0.6 is 24.0 Å². The Morgan fingerprint density at radius 2 is 1.94 bits per heavy atom. The first kappa shape index (κ1) is 27.2. The maximum Gasteiger partial charge on any atom is 0.227 e. The van der Waals surface area contributed by atoms with Crippen LogP contribution in [-0.4, -0.2) is 30.1 Å². The zero-order valence-corrected chi connectivity index (χ0v) is 22.1. The highest BCUT2D eigenvalue weighted by molar-refractivity contribution is 14.0. The summed E-state index contributed by atoms with van der Waals surface area (Å²) in [6.45, 7) is 6.95. The summed E-state index contributed by atoms with van der Waals surface area (Å²) in [4.78, 5) is 17.2. The second-order valence-corrected chi connectivity index (χ2v) is 8.76. The lowest BCUT2D eigenvalue weighted by Crippen LogP contribution is -2.44. The van der Waals surface area contributed by atoms with E-state index in [1.54, 1.807) is 13.0 Å². The molecule has 182 valence electrons. The van der Waals surface area contributed by atoms with Gasteiger partial charge in [-0.2, -0.15) is 0 Å². The smallest absolute Gasteiger partial charge is 0.227 e. The first-order valence-electron chi connectivity index (χ1n) is 11.6. The minimum absolute atomic E-state index is 0. The molecule has 33 heavy (non-hydrogen) atoms. The number of benzene rings is 1. The van der Waals surface area contributed by atoms with Crippen LogP contribution in [0.3, 0.4) is 0 Å². The van der Waals surface area contributed by atoms with E-state index in [2.05, 4.69) is 20.9 Å². The van der Waals surface area contributed by atoms with Crippen LogP contribution < -0.4 is 16.0 Å². The predicted molar refractivity (Wildman–Crippen MR) is 143 cm³/mol. The van der Waals surface area contributed by atoms with Gasteiger partial charge in [0.1, 0.15) is 17.1 Å². The molecular formula is C25H37IN4O3. The second-order valence-electron chi connectivity index (χ2n) is 8.76. The summed E-state index contributed by atoms with van der Waals surface area (Å²) in [6.07, 6.45) is 5.47. The van der Waals surface area contributed by atoms with Crippen molar-refractivity contribution in [3.8, 4) is 0 Å². The Balaban J connectivity index is 0.00000385. The quantitative estimate of drug-likeness (QED) is 0.211. The Labute approximate surface area is 213 Å². The molecule has 1 aromatic heterocycles. The van der Waals surface area contributed by atoms with E-state index in [4.69, 9.17) is 4.42 Å². The van der Waals surface area contributed by atoms with Crippen molar-refractivity contribution >= 4 is 41.5 Å². The van der Waals surface area contributed by atoms with Gasteiger partial charge in [0.2, 0.25) is 5.91 Å². The van der Waals surface area contributed by atoms with Crippen LogP contribution in [0.25, 0.3) is 0 Å². The van der Waals surface area contributed by atoms with Gasteiger partial charge < -0.3 is 25.5 Å². The monoisotopic (exact) mass is 568 g/mol. The Morgan fingerprint density at radius 3 is 2.61 bits per heavy atom. The van der Waals surface area contributed by atoms with Gasteiger partial charge in [-0.1, -0.05) is 31.4 Å². The fourth-order valence-electron chi connectivity index (χ4n) is 3.94. The van der Waals surface area contributed by atoms with Crippen molar-refractivity contribution in [1.82, 2.24) is 10.6 Å². The number of nitrogens with zero attached hydrogens (tertiary/aromatic N) is 1. The summed E-state index contributed by atoms with van der Waals surface area (Å²) in [6, 6.07) is 11.4. The van der Waals surface area contributed by atoms with Gasteiger partial charge >= 0.3 is 0 Å². The highest BCUT2D eigenvalue weighted by Crippen LogP contribution is 2.25. The third-order valence-corrected chi connectivity index (χ3v) is 5.81. The van der Waals surface area contributed by atoms with Crippen LogP contribution in [0.5, 0.6) is 0 Å². The Bertz CT molecular complexity index is 920. The molecule has 1 aliphatic rings. The number of aryl methyl sites for hydroxylation is 1. The van der Waals surface area contributed by atoms with Gasteiger partial charge in [-0.3, -0.25) is 4.79 Å². The SMILES string of the molecule is CCNC(=NCc1cccc(NC(=O)C2CCCCC2)c1)NCC(C)(O)c1ccc(C)o1.I.